The SMILES string of the molecule is Nc1cc(-c2ccc(Br)cc2)nc(C(=O)O)c1Cl. The molecule has 4 nitrogen and oxygen atoms in total. The number of aromatic nitrogens is 1. The third-order valence-electron chi connectivity index (χ3n) is 2.33. The molecule has 0 bridgehead atoms. The molecule has 0 saturated heterocycles. The van der Waals surface area contributed by atoms with Crippen molar-refractivity contribution >= 4 is 39.2 Å². The topological polar surface area (TPSA) is 76.2 Å². The van der Waals surface area contributed by atoms with Crippen LogP contribution in [-0.2, 0) is 0 Å². The molecule has 0 aliphatic rings. The average molecular weight is 328 g/mol. The predicted molar refractivity (Wildman–Crippen MR) is 73.8 cm³/mol. The molecule has 0 spiro atoms. The molecule has 0 aliphatic carbocycles. The Bertz CT molecular complexity index is 614. The minimum absolute atomic E-state index is 0.0386. The monoisotopic (exact) mass is 326 g/mol. The van der Waals surface area contributed by atoms with Crippen LogP contribution in [0.3, 0.4) is 0 Å². The van der Waals surface area contributed by atoms with E-state index in [0.29, 0.717) is 5.69 Å². The Kier molecular flexibility index (Phi) is 3.54. The number of nitrogens with two attached hydrogens (primary N) is 1. The molecule has 3 N–H and O–H groups in total. The van der Waals surface area contributed by atoms with Gasteiger partial charge in [0.05, 0.1) is 16.4 Å². The largest absolute Gasteiger partial charge is 0.476 e. The number of benzene rings is 1. The lowest BCUT2D eigenvalue weighted by Crippen LogP contribution is -2.05. The van der Waals surface area contributed by atoms with Crippen LogP contribution in [0.4, 0.5) is 5.69 Å². The number of anilines is 1. The van der Waals surface area contributed by atoms with Crippen LogP contribution in [0, 0.1) is 0 Å². The first-order chi connectivity index (χ1) is 8.49. The smallest absolute Gasteiger partial charge is 0.356 e. The van der Waals surface area contributed by atoms with Crippen molar-refractivity contribution in [3.8, 4) is 11.3 Å². The van der Waals surface area contributed by atoms with Crippen molar-refractivity contribution in [2.24, 2.45) is 0 Å². The van der Waals surface area contributed by atoms with Gasteiger partial charge in [-0.05, 0) is 18.2 Å². The van der Waals surface area contributed by atoms with E-state index in [1.54, 1.807) is 6.07 Å². The molecule has 0 radical (unpaired) electrons. The first-order valence-electron chi connectivity index (χ1n) is 4.94. The number of pyridine rings is 1. The predicted octanol–water partition coefficient (Wildman–Crippen LogP) is 3.44. The van der Waals surface area contributed by atoms with Crippen LogP contribution in [-0.4, -0.2) is 16.1 Å². The normalized spacial score (nSPS) is 10.3. The van der Waals surface area contributed by atoms with E-state index >= 15 is 0 Å². The molecule has 1 aromatic carbocycles. The minimum Gasteiger partial charge on any atom is -0.476 e. The molecule has 0 aliphatic heterocycles. The Hall–Kier alpha value is -1.59. The molecule has 0 atom stereocenters. The highest BCUT2D eigenvalue weighted by Crippen LogP contribution is 2.28. The zero-order valence-electron chi connectivity index (χ0n) is 9.02. The van der Waals surface area contributed by atoms with Crippen LogP contribution in [0.25, 0.3) is 11.3 Å². The summed E-state index contributed by atoms with van der Waals surface area (Å²) < 4.78 is 0.923. The van der Waals surface area contributed by atoms with Gasteiger partial charge in [0.15, 0.2) is 5.69 Å². The van der Waals surface area contributed by atoms with Gasteiger partial charge in [0.2, 0.25) is 0 Å². The van der Waals surface area contributed by atoms with E-state index in [0.717, 1.165) is 10.0 Å². The third-order valence-corrected chi connectivity index (χ3v) is 3.25. The molecule has 0 unspecified atom stereocenters. The summed E-state index contributed by atoms with van der Waals surface area (Å²) in [6.07, 6.45) is 0. The second-order valence-electron chi connectivity index (χ2n) is 3.57. The van der Waals surface area contributed by atoms with Gasteiger partial charge in [-0.15, -0.1) is 0 Å². The van der Waals surface area contributed by atoms with Crippen LogP contribution < -0.4 is 5.73 Å². The highest BCUT2D eigenvalue weighted by atomic mass is 79.9. The van der Waals surface area contributed by atoms with Crippen LogP contribution in [0.15, 0.2) is 34.8 Å². The molecular formula is C12H8BrClN2O2. The van der Waals surface area contributed by atoms with E-state index in [9.17, 15) is 4.79 Å². The fraction of sp³-hybridized carbons (Fsp3) is 0. The van der Waals surface area contributed by atoms with Crippen LogP contribution in [0.2, 0.25) is 5.02 Å². The first kappa shape index (κ1) is 12.9. The molecule has 1 heterocycles. The van der Waals surface area contributed by atoms with Crippen molar-refractivity contribution < 1.29 is 9.90 Å². The first-order valence-corrected chi connectivity index (χ1v) is 6.11. The summed E-state index contributed by atoms with van der Waals surface area (Å²) >= 11 is 9.12. The summed E-state index contributed by atoms with van der Waals surface area (Å²) in [4.78, 5) is 15.0. The number of aromatic carboxylic acids is 1. The number of hydrogen-bond acceptors (Lipinski definition) is 3. The zero-order valence-corrected chi connectivity index (χ0v) is 11.4. The van der Waals surface area contributed by atoms with E-state index in [4.69, 9.17) is 22.4 Å². The molecule has 2 rings (SSSR count). The molecule has 0 fully saturated rings. The van der Waals surface area contributed by atoms with Gasteiger partial charge in [0.25, 0.3) is 0 Å². The van der Waals surface area contributed by atoms with Gasteiger partial charge >= 0.3 is 5.97 Å². The number of carbonyl (C=O) groups is 1. The summed E-state index contributed by atoms with van der Waals surface area (Å²) in [5.74, 6) is -1.20. The molecule has 0 saturated carbocycles. The Morgan fingerprint density at radius 2 is 1.94 bits per heavy atom. The van der Waals surface area contributed by atoms with Gasteiger partial charge in [0.1, 0.15) is 0 Å². The maximum atomic E-state index is 11.0. The van der Waals surface area contributed by atoms with Crippen molar-refractivity contribution in [3.05, 3.63) is 45.5 Å². The lowest BCUT2D eigenvalue weighted by atomic mass is 10.1. The van der Waals surface area contributed by atoms with Gasteiger partial charge in [-0.25, -0.2) is 9.78 Å². The number of carboxylic acids is 1. The van der Waals surface area contributed by atoms with Gasteiger partial charge in [-0.2, -0.15) is 0 Å². The molecule has 18 heavy (non-hydrogen) atoms. The Labute approximate surface area is 117 Å². The number of nitrogen functional groups attached to an aromatic ring is 1. The van der Waals surface area contributed by atoms with Crippen molar-refractivity contribution in [1.82, 2.24) is 4.98 Å². The fourth-order valence-electron chi connectivity index (χ4n) is 1.46. The van der Waals surface area contributed by atoms with E-state index in [-0.39, 0.29) is 16.4 Å². The van der Waals surface area contributed by atoms with Gasteiger partial charge in [-0.3, -0.25) is 0 Å². The van der Waals surface area contributed by atoms with E-state index in [1.807, 2.05) is 24.3 Å². The van der Waals surface area contributed by atoms with E-state index in [2.05, 4.69) is 20.9 Å². The maximum Gasteiger partial charge on any atom is 0.356 e. The second kappa shape index (κ2) is 4.96. The average Bonchev–Trinajstić information content (AvgIpc) is 2.33. The van der Waals surface area contributed by atoms with Gasteiger partial charge < -0.3 is 10.8 Å². The zero-order chi connectivity index (χ0) is 13.3. The standard InChI is InChI=1S/C12H8BrClN2O2/c13-7-3-1-6(2-4-7)9-5-8(15)10(14)11(16-9)12(17)18/h1-5H,(H2,15,16)(H,17,18). The number of nitrogens with zero attached hydrogens (tertiary/aromatic N) is 1. The Morgan fingerprint density at radius 3 is 2.50 bits per heavy atom. The molecule has 92 valence electrons. The molecule has 6 heteroatoms. The van der Waals surface area contributed by atoms with Crippen LogP contribution in [0.1, 0.15) is 10.5 Å². The van der Waals surface area contributed by atoms with Crippen LogP contribution in [0.5, 0.6) is 0 Å². The quantitative estimate of drug-likeness (QED) is 0.886. The Morgan fingerprint density at radius 1 is 1.33 bits per heavy atom. The summed E-state index contributed by atoms with van der Waals surface area (Å²) in [6, 6.07) is 8.85. The number of halogens is 2. The Balaban J connectivity index is 2.59. The van der Waals surface area contributed by atoms with Crippen molar-refractivity contribution in [2.75, 3.05) is 5.73 Å². The summed E-state index contributed by atoms with van der Waals surface area (Å²) in [5.41, 5.74) is 6.88. The van der Waals surface area contributed by atoms with Crippen LogP contribution >= 0.6 is 27.5 Å². The van der Waals surface area contributed by atoms with Gasteiger partial charge in [0, 0.05) is 10.0 Å². The second-order valence-corrected chi connectivity index (χ2v) is 4.86. The maximum absolute atomic E-state index is 11.0. The van der Waals surface area contributed by atoms with Crippen molar-refractivity contribution in [1.29, 1.82) is 0 Å². The number of carboxylic acid groups (broad SMARTS) is 1. The third kappa shape index (κ3) is 2.47. The lowest BCUT2D eigenvalue weighted by molar-refractivity contribution is 0.0691. The summed E-state index contributed by atoms with van der Waals surface area (Å²) in [6.45, 7) is 0. The van der Waals surface area contributed by atoms with E-state index in [1.165, 1.54) is 0 Å². The summed E-state index contributed by atoms with van der Waals surface area (Å²) in [7, 11) is 0. The van der Waals surface area contributed by atoms with Crippen molar-refractivity contribution in [2.45, 2.75) is 0 Å². The van der Waals surface area contributed by atoms with Gasteiger partial charge in [-0.1, -0.05) is 39.7 Å². The van der Waals surface area contributed by atoms with Crippen molar-refractivity contribution in [3.63, 3.8) is 0 Å². The molecule has 1 aromatic heterocycles. The number of hydrogen-bond donors (Lipinski definition) is 2. The highest BCUT2D eigenvalue weighted by molar-refractivity contribution is 9.10. The number of rotatable bonds is 2. The summed E-state index contributed by atoms with van der Waals surface area (Å²) in [5, 5.41) is 8.96. The fourth-order valence-corrected chi connectivity index (χ4v) is 1.90. The lowest BCUT2D eigenvalue weighted by Gasteiger charge is -2.07. The minimum atomic E-state index is -1.20. The molecule has 2 aromatic rings. The molecule has 0 amide bonds. The highest BCUT2D eigenvalue weighted by Gasteiger charge is 2.15. The molecular weight excluding hydrogens is 320 g/mol. The van der Waals surface area contributed by atoms with E-state index < -0.39 is 5.97 Å².